The summed E-state index contributed by atoms with van der Waals surface area (Å²) in [6.07, 6.45) is 0.0229. The Hall–Kier alpha value is -3.77. The second-order valence-corrected chi connectivity index (χ2v) is 13.4. The fraction of sp³-hybridized carbons (Fsp3) is 0.394. The van der Waals surface area contributed by atoms with Crippen LogP contribution in [0, 0.1) is 0 Å². The molecule has 3 aromatic rings. The maximum atomic E-state index is 14.3. The number of anilines is 1. The van der Waals surface area contributed by atoms with E-state index in [0.29, 0.717) is 21.7 Å². The third kappa shape index (κ3) is 8.52. The zero-order chi connectivity index (χ0) is 33.5. The van der Waals surface area contributed by atoms with E-state index < -0.39 is 45.9 Å². The third-order valence-corrected chi connectivity index (χ3v) is 10.1. The summed E-state index contributed by atoms with van der Waals surface area (Å²) in [5.41, 5.74) is -1.06. The Labute approximate surface area is 272 Å². The van der Waals surface area contributed by atoms with Crippen LogP contribution in [0.15, 0.2) is 77.7 Å². The first-order valence-corrected chi connectivity index (χ1v) is 16.8. The first-order chi connectivity index (χ1) is 21.8. The van der Waals surface area contributed by atoms with E-state index in [1.165, 1.54) is 36.3 Å². The van der Waals surface area contributed by atoms with Crippen molar-refractivity contribution in [1.29, 1.82) is 0 Å². The molecule has 2 amide bonds. The highest BCUT2D eigenvalue weighted by Gasteiger charge is 2.37. The van der Waals surface area contributed by atoms with Crippen molar-refractivity contribution in [2.75, 3.05) is 18.0 Å². The van der Waals surface area contributed by atoms with Crippen LogP contribution in [-0.2, 0) is 32.3 Å². The SMILES string of the molecule is CCC(C(=O)NC1CCCCC1)N(Cc1cccc(OC)c1)C(=O)CN(c1cc(C(F)(F)F)ccc1Cl)S(=O)(=O)c1ccccc1. The lowest BCUT2D eigenvalue weighted by Gasteiger charge is -2.34. The molecule has 0 radical (unpaired) electrons. The monoisotopic (exact) mass is 679 g/mol. The van der Waals surface area contributed by atoms with E-state index in [-0.39, 0.29) is 34.8 Å². The fourth-order valence-electron chi connectivity index (χ4n) is 5.54. The predicted octanol–water partition coefficient (Wildman–Crippen LogP) is 6.82. The number of carbonyl (C=O) groups excluding carboxylic acids is 2. The summed E-state index contributed by atoms with van der Waals surface area (Å²) in [6, 6.07) is 15.1. The van der Waals surface area contributed by atoms with Gasteiger partial charge in [-0.1, -0.05) is 68.1 Å². The van der Waals surface area contributed by atoms with Gasteiger partial charge < -0.3 is 15.0 Å². The molecule has 8 nitrogen and oxygen atoms in total. The number of sulfonamides is 1. The van der Waals surface area contributed by atoms with Crippen LogP contribution in [0.25, 0.3) is 0 Å². The molecule has 0 aliphatic heterocycles. The zero-order valence-electron chi connectivity index (χ0n) is 25.6. The smallest absolute Gasteiger partial charge is 0.416 e. The van der Waals surface area contributed by atoms with Gasteiger partial charge in [0.05, 0.1) is 28.3 Å². The van der Waals surface area contributed by atoms with Gasteiger partial charge in [-0.05, 0) is 67.3 Å². The maximum absolute atomic E-state index is 14.3. The molecular weight excluding hydrogens is 643 g/mol. The van der Waals surface area contributed by atoms with Crippen LogP contribution in [0.3, 0.4) is 0 Å². The second kappa shape index (κ2) is 15.2. The number of amides is 2. The molecule has 4 rings (SSSR count). The van der Waals surface area contributed by atoms with Crippen molar-refractivity contribution in [3.05, 3.63) is 88.9 Å². The van der Waals surface area contributed by atoms with Crippen LogP contribution in [0.4, 0.5) is 18.9 Å². The van der Waals surface area contributed by atoms with Crippen LogP contribution >= 0.6 is 11.6 Å². The molecule has 1 N–H and O–H groups in total. The van der Waals surface area contributed by atoms with E-state index in [9.17, 15) is 31.2 Å². The van der Waals surface area contributed by atoms with Gasteiger partial charge in [0.15, 0.2) is 0 Å². The van der Waals surface area contributed by atoms with Crippen LogP contribution in [0.5, 0.6) is 5.75 Å². The van der Waals surface area contributed by atoms with E-state index in [1.54, 1.807) is 37.3 Å². The molecule has 13 heteroatoms. The molecular formula is C33H37ClF3N3O5S. The topological polar surface area (TPSA) is 96.0 Å². The normalized spacial score (nSPS) is 14.7. The van der Waals surface area contributed by atoms with E-state index in [2.05, 4.69) is 5.32 Å². The van der Waals surface area contributed by atoms with Gasteiger partial charge in [-0.3, -0.25) is 13.9 Å². The molecule has 0 aromatic heterocycles. The van der Waals surface area contributed by atoms with E-state index in [0.717, 1.165) is 44.2 Å². The first-order valence-electron chi connectivity index (χ1n) is 15.0. The molecule has 0 bridgehead atoms. The van der Waals surface area contributed by atoms with Crippen LogP contribution in [-0.4, -0.2) is 50.9 Å². The lowest BCUT2D eigenvalue weighted by Crippen LogP contribution is -2.54. The van der Waals surface area contributed by atoms with E-state index in [1.807, 2.05) is 0 Å². The van der Waals surface area contributed by atoms with Gasteiger partial charge >= 0.3 is 6.18 Å². The first kappa shape index (κ1) is 35.1. The minimum Gasteiger partial charge on any atom is -0.497 e. The summed E-state index contributed by atoms with van der Waals surface area (Å²) in [5, 5.41) is 2.75. The van der Waals surface area contributed by atoms with Crippen LogP contribution < -0.4 is 14.4 Å². The van der Waals surface area contributed by atoms with Crippen molar-refractivity contribution < 1.29 is 35.9 Å². The number of hydrogen-bond donors (Lipinski definition) is 1. The standard InChI is InChI=1S/C33H37ClF3N3O5S/c1-3-29(32(42)38-25-12-6-4-7-13-25)39(21-23-11-10-14-26(19-23)45-2)31(41)22-40(46(43,44)27-15-8-5-9-16-27)30-20-24(33(35,36)37)17-18-28(30)34/h5,8-11,14-20,25,29H,3-4,6-7,12-13,21-22H2,1-2H3,(H,38,42). The number of halogens is 4. The zero-order valence-corrected chi connectivity index (χ0v) is 27.2. The van der Waals surface area contributed by atoms with E-state index in [4.69, 9.17) is 16.3 Å². The number of nitrogens with one attached hydrogen (secondary N) is 1. The Balaban J connectivity index is 1.78. The minimum absolute atomic E-state index is 0.0528. The number of rotatable bonds is 12. The van der Waals surface area contributed by atoms with Gasteiger partial charge in [0.25, 0.3) is 10.0 Å². The molecule has 1 saturated carbocycles. The Kier molecular flexibility index (Phi) is 11.6. The molecule has 1 aliphatic rings. The average molecular weight is 680 g/mol. The number of carbonyl (C=O) groups is 2. The van der Waals surface area contributed by atoms with Gasteiger partial charge in [-0.25, -0.2) is 8.42 Å². The number of nitrogens with zero attached hydrogens (tertiary/aromatic N) is 2. The molecule has 1 unspecified atom stereocenters. The summed E-state index contributed by atoms with van der Waals surface area (Å²) >= 11 is 6.33. The quantitative estimate of drug-likeness (QED) is 0.227. The molecule has 1 fully saturated rings. The minimum atomic E-state index is -4.81. The van der Waals surface area contributed by atoms with Gasteiger partial charge in [-0.15, -0.1) is 0 Å². The summed E-state index contributed by atoms with van der Waals surface area (Å²) in [5.74, 6) is -0.685. The lowest BCUT2D eigenvalue weighted by molar-refractivity contribution is -0.140. The van der Waals surface area contributed by atoms with E-state index >= 15 is 0 Å². The van der Waals surface area contributed by atoms with Gasteiger partial charge in [0, 0.05) is 12.6 Å². The van der Waals surface area contributed by atoms with Crippen molar-refractivity contribution in [2.45, 2.75) is 75.1 Å². The number of methoxy groups -OCH3 is 1. The highest BCUT2D eigenvalue weighted by molar-refractivity contribution is 7.92. The maximum Gasteiger partial charge on any atom is 0.416 e. The van der Waals surface area contributed by atoms with Crippen LogP contribution in [0.2, 0.25) is 5.02 Å². The average Bonchev–Trinajstić information content (AvgIpc) is 3.04. The third-order valence-electron chi connectivity index (χ3n) is 7.98. The molecule has 3 aromatic carbocycles. The Morgan fingerprint density at radius 1 is 1.00 bits per heavy atom. The fourth-order valence-corrected chi connectivity index (χ4v) is 7.26. The summed E-state index contributed by atoms with van der Waals surface area (Å²) in [7, 11) is -3.13. The lowest BCUT2D eigenvalue weighted by atomic mass is 9.95. The molecule has 1 aliphatic carbocycles. The van der Waals surface area contributed by atoms with Gasteiger partial charge in [0.2, 0.25) is 11.8 Å². The molecule has 0 spiro atoms. The summed E-state index contributed by atoms with van der Waals surface area (Å²) in [4.78, 5) is 29.0. The highest BCUT2D eigenvalue weighted by Crippen LogP contribution is 2.37. The number of alkyl halides is 3. The Morgan fingerprint density at radius 3 is 2.33 bits per heavy atom. The van der Waals surface area contributed by atoms with Gasteiger partial charge in [0.1, 0.15) is 18.3 Å². The molecule has 248 valence electrons. The highest BCUT2D eigenvalue weighted by atomic mass is 35.5. The number of hydrogen-bond acceptors (Lipinski definition) is 5. The number of ether oxygens (including phenoxy) is 1. The summed E-state index contributed by atoms with van der Waals surface area (Å²) in [6.45, 7) is 0.719. The Bertz CT molecular complexity index is 1620. The van der Waals surface area contributed by atoms with Crippen molar-refractivity contribution >= 4 is 39.1 Å². The molecule has 46 heavy (non-hydrogen) atoms. The summed E-state index contributed by atoms with van der Waals surface area (Å²) < 4.78 is 75.2. The molecule has 0 heterocycles. The van der Waals surface area contributed by atoms with Crippen molar-refractivity contribution in [1.82, 2.24) is 10.2 Å². The Morgan fingerprint density at radius 2 is 1.70 bits per heavy atom. The molecule has 0 saturated heterocycles. The van der Waals surface area contributed by atoms with Crippen molar-refractivity contribution in [2.24, 2.45) is 0 Å². The molecule has 1 atom stereocenters. The number of benzene rings is 3. The largest absolute Gasteiger partial charge is 0.497 e. The van der Waals surface area contributed by atoms with Crippen LogP contribution in [0.1, 0.15) is 56.6 Å². The van der Waals surface area contributed by atoms with Crippen molar-refractivity contribution in [3.63, 3.8) is 0 Å². The second-order valence-electron chi connectivity index (χ2n) is 11.1. The van der Waals surface area contributed by atoms with Gasteiger partial charge in [-0.2, -0.15) is 13.2 Å². The van der Waals surface area contributed by atoms with Crippen molar-refractivity contribution in [3.8, 4) is 5.75 Å². The predicted molar refractivity (Wildman–Crippen MR) is 170 cm³/mol.